The molecule has 2 aromatic heterocycles. The van der Waals surface area contributed by atoms with Crippen molar-refractivity contribution in [3.05, 3.63) is 64.4 Å². The predicted molar refractivity (Wildman–Crippen MR) is 90.4 cm³/mol. The average Bonchev–Trinajstić information content (AvgIpc) is 3.18. The molecular weight excluding hydrogens is 370 g/mol. The van der Waals surface area contributed by atoms with Crippen LogP contribution >= 0.6 is 11.3 Å². The summed E-state index contributed by atoms with van der Waals surface area (Å²) in [5.41, 5.74) is 0.459. The van der Waals surface area contributed by atoms with E-state index < -0.39 is 27.4 Å². The summed E-state index contributed by atoms with van der Waals surface area (Å²) in [5, 5.41) is 0.646. The van der Waals surface area contributed by atoms with Gasteiger partial charge in [-0.15, -0.1) is 11.3 Å². The number of benzene rings is 1. The Morgan fingerprint density at radius 3 is 2.80 bits per heavy atom. The van der Waals surface area contributed by atoms with Gasteiger partial charge in [-0.1, -0.05) is 0 Å². The van der Waals surface area contributed by atoms with Gasteiger partial charge in [-0.25, -0.2) is 26.9 Å². The number of halogens is 2. The van der Waals surface area contributed by atoms with E-state index in [1.807, 2.05) is 0 Å². The lowest BCUT2D eigenvalue weighted by atomic mass is 10.2. The molecule has 0 saturated carbocycles. The highest BCUT2D eigenvalue weighted by molar-refractivity contribution is 7.88. The second-order valence-electron chi connectivity index (χ2n) is 5.32. The van der Waals surface area contributed by atoms with E-state index in [0.29, 0.717) is 16.5 Å². The van der Waals surface area contributed by atoms with E-state index in [-0.39, 0.29) is 12.1 Å². The van der Waals surface area contributed by atoms with Crippen molar-refractivity contribution in [2.45, 2.75) is 19.2 Å². The van der Waals surface area contributed by atoms with Crippen LogP contribution in [0, 0.1) is 18.6 Å². The van der Waals surface area contributed by atoms with E-state index in [2.05, 4.69) is 9.71 Å². The Hall–Kier alpha value is -2.10. The van der Waals surface area contributed by atoms with Crippen molar-refractivity contribution in [1.29, 1.82) is 0 Å². The van der Waals surface area contributed by atoms with E-state index in [0.717, 1.165) is 23.1 Å². The highest BCUT2D eigenvalue weighted by Gasteiger charge is 2.17. The number of aryl methyl sites for hydroxylation is 1. The molecule has 2 heterocycles. The van der Waals surface area contributed by atoms with E-state index in [1.54, 1.807) is 19.1 Å². The van der Waals surface area contributed by atoms with Crippen LogP contribution in [0.5, 0.6) is 0 Å². The standard InChI is InChI=1S/C16H14F2N2O3S2/c1-10-15(24-16(20-10)14-3-2-6-23-14)8-19-25(21,22)9-11-7-12(17)4-5-13(11)18/h2-7,19H,8-9H2,1H3. The lowest BCUT2D eigenvalue weighted by Crippen LogP contribution is -2.25. The van der Waals surface area contributed by atoms with Crippen LogP contribution in [-0.4, -0.2) is 13.4 Å². The lowest BCUT2D eigenvalue weighted by molar-refractivity contribution is 0.570. The first-order chi connectivity index (χ1) is 11.8. The third-order valence-electron chi connectivity index (χ3n) is 3.43. The van der Waals surface area contributed by atoms with Gasteiger partial charge in [0.05, 0.1) is 17.7 Å². The Labute approximate surface area is 147 Å². The molecule has 0 amide bonds. The molecule has 0 bridgehead atoms. The molecule has 0 saturated heterocycles. The Balaban J connectivity index is 1.71. The fourth-order valence-corrected chi connectivity index (χ4v) is 4.34. The zero-order valence-electron chi connectivity index (χ0n) is 13.1. The van der Waals surface area contributed by atoms with Gasteiger partial charge in [0.1, 0.15) is 11.6 Å². The highest BCUT2D eigenvalue weighted by atomic mass is 32.2. The molecule has 0 spiro atoms. The summed E-state index contributed by atoms with van der Waals surface area (Å²) < 4.78 is 58.7. The molecule has 3 rings (SSSR count). The Morgan fingerprint density at radius 1 is 1.28 bits per heavy atom. The summed E-state index contributed by atoms with van der Waals surface area (Å²) in [6, 6.07) is 6.22. The highest BCUT2D eigenvalue weighted by Crippen LogP contribution is 2.28. The molecule has 0 fully saturated rings. The molecular formula is C16H14F2N2O3S2. The molecule has 5 nitrogen and oxygen atoms in total. The molecule has 1 N–H and O–H groups in total. The Kier molecular flexibility index (Phi) is 4.98. The summed E-state index contributed by atoms with van der Waals surface area (Å²) in [5.74, 6) is -1.49. The molecule has 0 atom stereocenters. The molecule has 0 radical (unpaired) electrons. The average molecular weight is 384 g/mol. The molecule has 25 heavy (non-hydrogen) atoms. The van der Waals surface area contributed by atoms with Gasteiger partial charge in [0.25, 0.3) is 0 Å². The van der Waals surface area contributed by atoms with Crippen LogP contribution in [0.1, 0.15) is 16.1 Å². The fourth-order valence-electron chi connectivity index (χ4n) is 2.18. The number of rotatable bonds is 6. The summed E-state index contributed by atoms with van der Waals surface area (Å²) in [7, 11) is -3.83. The summed E-state index contributed by atoms with van der Waals surface area (Å²) in [6.45, 7) is 1.78. The molecule has 132 valence electrons. The number of sulfonamides is 1. The van der Waals surface area contributed by atoms with Gasteiger partial charge in [-0.3, -0.25) is 0 Å². The normalized spacial score (nSPS) is 11.8. The minimum absolute atomic E-state index is 0.0173. The van der Waals surface area contributed by atoms with Gasteiger partial charge in [-0.05, 0) is 37.3 Å². The maximum atomic E-state index is 13.6. The van der Waals surface area contributed by atoms with Gasteiger partial charge in [0, 0.05) is 17.0 Å². The van der Waals surface area contributed by atoms with Crippen molar-refractivity contribution in [1.82, 2.24) is 9.71 Å². The minimum atomic E-state index is -3.83. The number of aromatic nitrogens is 1. The number of furan rings is 1. The van der Waals surface area contributed by atoms with Crippen molar-refractivity contribution in [2.75, 3.05) is 0 Å². The van der Waals surface area contributed by atoms with Gasteiger partial charge >= 0.3 is 0 Å². The number of thiazole rings is 1. The number of hydrogen-bond acceptors (Lipinski definition) is 5. The number of nitrogens with zero attached hydrogens (tertiary/aromatic N) is 1. The topological polar surface area (TPSA) is 72.2 Å². The predicted octanol–water partition coefficient (Wildman–Crippen LogP) is 3.61. The van der Waals surface area contributed by atoms with Gasteiger partial charge < -0.3 is 4.42 Å². The van der Waals surface area contributed by atoms with Crippen molar-refractivity contribution >= 4 is 21.4 Å². The maximum Gasteiger partial charge on any atom is 0.216 e. The van der Waals surface area contributed by atoms with E-state index >= 15 is 0 Å². The maximum absolute atomic E-state index is 13.6. The van der Waals surface area contributed by atoms with Crippen molar-refractivity contribution in [3.8, 4) is 10.8 Å². The molecule has 9 heteroatoms. The molecule has 0 aliphatic rings. The van der Waals surface area contributed by atoms with Crippen LogP contribution in [0.15, 0.2) is 41.0 Å². The molecule has 0 aliphatic heterocycles. The zero-order chi connectivity index (χ0) is 18.0. The first-order valence-electron chi connectivity index (χ1n) is 7.25. The largest absolute Gasteiger partial charge is 0.462 e. The van der Waals surface area contributed by atoms with Crippen LogP contribution in [0.2, 0.25) is 0 Å². The monoisotopic (exact) mass is 384 g/mol. The first kappa shape index (κ1) is 17.7. The minimum Gasteiger partial charge on any atom is -0.462 e. The van der Waals surface area contributed by atoms with E-state index in [1.165, 1.54) is 17.6 Å². The molecule has 3 aromatic rings. The van der Waals surface area contributed by atoms with Crippen LogP contribution in [0.3, 0.4) is 0 Å². The van der Waals surface area contributed by atoms with Crippen LogP contribution < -0.4 is 4.72 Å². The summed E-state index contributed by atoms with van der Waals surface area (Å²) in [4.78, 5) is 5.06. The third kappa shape index (κ3) is 4.30. The van der Waals surface area contributed by atoms with Crippen molar-refractivity contribution < 1.29 is 21.6 Å². The second kappa shape index (κ2) is 7.03. The Morgan fingerprint density at radius 2 is 2.08 bits per heavy atom. The smallest absolute Gasteiger partial charge is 0.216 e. The van der Waals surface area contributed by atoms with Crippen LogP contribution in [0.25, 0.3) is 10.8 Å². The fraction of sp³-hybridized carbons (Fsp3) is 0.188. The number of nitrogens with one attached hydrogen (secondary N) is 1. The van der Waals surface area contributed by atoms with E-state index in [4.69, 9.17) is 4.42 Å². The number of hydrogen-bond donors (Lipinski definition) is 1. The van der Waals surface area contributed by atoms with Gasteiger partial charge in [0.15, 0.2) is 10.8 Å². The van der Waals surface area contributed by atoms with Gasteiger partial charge in [-0.2, -0.15) is 0 Å². The van der Waals surface area contributed by atoms with E-state index in [9.17, 15) is 17.2 Å². The third-order valence-corrected chi connectivity index (χ3v) is 5.88. The molecule has 1 aromatic carbocycles. The quantitative estimate of drug-likeness (QED) is 0.705. The van der Waals surface area contributed by atoms with Crippen molar-refractivity contribution in [3.63, 3.8) is 0 Å². The lowest BCUT2D eigenvalue weighted by Gasteiger charge is -2.07. The zero-order valence-corrected chi connectivity index (χ0v) is 14.8. The summed E-state index contributed by atoms with van der Waals surface area (Å²) >= 11 is 1.30. The molecule has 0 aliphatic carbocycles. The SMILES string of the molecule is Cc1nc(-c2ccco2)sc1CNS(=O)(=O)Cc1cc(F)ccc1F. The van der Waals surface area contributed by atoms with Crippen LogP contribution in [-0.2, 0) is 22.3 Å². The summed E-state index contributed by atoms with van der Waals surface area (Å²) in [6.07, 6.45) is 1.53. The second-order valence-corrected chi connectivity index (χ2v) is 8.21. The van der Waals surface area contributed by atoms with Gasteiger partial charge in [0.2, 0.25) is 10.0 Å². The Bertz CT molecular complexity index is 983. The van der Waals surface area contributed by atoms with Crippen molar-refractivity contribution in [2.24, 2.45) is 0 Å². The van der Waals surface area contributed by atoms with Crippen LogP contribution in [0.4, 0.5) is 8.78 Å². The first-order valence-corrected chi connectivity index (χ1v) is 9.72. The molecule has 0 unspecified atom stereocenters.